The number of nitro groups is 1. The summed E-state index contributed by atoms with van der Waals surface area (Å²) in [4.78, 5) is 42.3. The van der Waals surface area contributed by atoms with Crippen molar-refractivity contribution < 1.29 is 14.5 Å². The zero-order chi connectivity index (χ0) is 21.8. The molecule has 9 nitrogen and oxygen atoms in total. The molecule has 0 unspecified atom stereocenters. The summed E-state index contributed by atoms with van der Waals surface area (Å²) in [6.45, 7) is 4.71. The summed E-state index contributed by atoms with van der Waals surface area (Å²) in [5, 5.41) is 14.5. The van der Waals surface area contributed by atoms with Gasteiger partial charge in [-0.15, -0.1) is 0 Å². The van der Waals surface area contributed by atoms with E-state index in [1.807, 2.05) is 9.80 Å². The van der Waals surface area contributed by atoms with Gasteiger partial charge < -0.3 is 15.1 Å². The Balaban J connectivity index is 1.35. The van der Waals surface area contributed by atoms with Gasteiger partial charge in [0.25, 0.3) is 11.6 Å². The van der Waals surface area contributed by atoms with Crippen LogP contribution in [0.25, 0.3) is 0 Å². The van der Waals surface area contributed by atoms with Crippen LogP contribution in [0, 0.1) is 10.1 Å². The number of nitrogens with one attached hydrogen (secondary N) is 1. The molecular formula is C22H31N5O4. The van der Waals surface area contributed by atoms with E-state index in [0.29, 0.717) is 44.0 Å². The molecule has 1 N–H and O–H groups in total. The van der Waals surface area contributed by atoms with Crippen molar-refractivity contribution in [3.63, 3.8) is 0 Å². The minimum absolute atomic E-state index is 0.0439. The van der Waals surface area contributed by atoms with E-state index in [1.165, 1.54) is 18.9 Å². The molecule has 0 spiro atoms. The van der Waals surface area contributed by atoms with Crippen LogP contribution in [0.5, 0.6) is 0 Å². The fraction of sp³-hybridized carbons (Fsp3) is 0.636. The molecular weight excluding hydrogens is 398 g/mol. The third-order valence-electron chi connectivity index (χ3n) is 6.38. The molecule has 1 aromatic carbocycles. The van der Waals surface area contributed by atoms with E-state index in [1.54, 1.807) is 12.1 Å². The fourth-order valence-electron chi connectivity index (χ4n) is 4.33. The number of anilines is 1. The summed E-state index contributed by atoms with van der Waals surface area (Å²) in [6.07, 6.45) is 6.49. The molecule has 0 atom stereocenters. The van der Waals surface area contributed by atoms with E-state index in [-0.39, 0.29) is 23.5 Å². The number of amides is 2. The Labute approximate surface area is 182 Å². The van der Waals surface area contributed by atoms with Crippen molar-refractivity contribution in [2.75, 3.05) is 50.7 Å². The predicted molar refractivity (Wildman–Crippen MR) is 117 cm³/mol. The number of likely N-dealkylation sites (tertiary alicyclic amines) is 1. The molecule has 2 amide bonds. The van der Waals surface area contributed by atoms with Gasteiger partial charge in [0.15, 0.2) is 0 Å². The molecule has 1 saturated carbocycles. The Bertz CT molecular complexity index is 825. The van der Waals surface area contributed by atoms with Crippen LogP contribution in [0.15, 0.2) is 18.2 Å². The molecule has 2 saturated heterocycles. The largest absolute Gasteiger partial charge is 0.363 e. The molecule has 2 heterocycles. The van der Waals surface area contributed by atoms with Crippen molar-refractivity contribution in [1.29, 1.82) is 0 Å². The van der Waals surface area contributed by atoms with Crippen LogP contribution in [-0.2, 0) is 4.79 Å². The smallest absolute Gasteiger partial charge is 0.293 e. The summed E-state index contributed by atoms with van der Waals surface area (Å²) < 4.78 is 0. The van der Waals surface area contributed by atoms with Gasteiger partial charge in [0.1, 0.15) is 5.69 Å². The van der Waals surface area contributed by atoms with Gasteiger partial charge in [-0.25, -0.2) is 0 Å². The number of carbonyl (C=O) groups excluding carboxylic acids is 2. The lowest BCUT2D eigenvalue weighted by Crippen LogP contribution is -2.50. The van der Waals surface area contributed by atoms with Crippen molar-refractivity contribution in [2.45, 2.75) is 44.6 Å². The second kappa shape index (κ2) is 9.64. The van der Waals surface area contributed by atoms with E-state index in [0.717, 1.165) is 38.8 Å². The van der Waals surface area contributed by atoms with E-state index in [2.05, 4.69) is 10.2 Å². The highest BCUT2D eigenvalue weighted by molar-refractivity contribution is 5.96. The number of benzene rings is 1. The molecule has 0 aromatic heterocycles. The monoisotopic (exact) mass is 429 g/mol. The van der Waals surface area contributed by atoms with Gasteiger partial charge in [-0.3, -0.25) is 24.6 Å². The Kier molecular flexibility index (Phi) is 6.70. The minimum atomic E-state index is -0.418. The topological polar surface area (TPSA) is 99.0 Å². The lowest BCUT2D eigenvalue weighted by atomic mass is 10.1. The molecule has 168 valence electrons. The van der Waals surface area contributed by atoms with Gasteiger partial charge in [0, 0.05) is 56.9 Å². The minimum Gasteiger partial charge on any atom is -0.363 e. The van der Waals surface area contributed by atoms with Crippen molar-refractivity contribution in [3.8, 4) is 0 Å². The first kappa shape index (κ1) is 21.5. The molecule has 31 heavy (non-hydrogen) atoms. The molecule has 3 fully saturated rings. The maximum absolute atomic E-state index is 12.6. The van der Waals surface area contributed by atoms with E-state index in [4.69, 9.17) is 0 Å². The zero-order valence-corrected chi connectivity index (χ0v) is 17.9. The normalized spacial score (nSPS) is 20.3. The van der Waals surface area contributed by atoms with Crippen LogP contribution in [0.2, 0.25) is 0 Å². The van der Waals surface area contributed by atoms with Crippen LogP contribution >= 0.6 is 0 Å². The molecule has 3 aliphatic rings. The molecule has 1 aromatic rings. The summed E-state index contributed by atoms with van der Waals surface area (Å²) >= 11 is 0. The summed E-state index contributed by atoms with van der Waals surface area (Å²) in [5.41, 5.74) is 0.813. The van der Waals surface area contributed by atoms with Crippen molar-refractivity contribution in [3.05, 3.63) is 33.9 Å². The van der Waals surface area contributed by atoms with Gasteiger partial charge in [0.2, 0.25) is 5.91 Å². The highest BCUT2D eigenvalue weighted by Crippen LogP contribution is 2.30. The number of hydrogen-bond acceptors (Lipinski definition) is 6. The van der Waals surface area contributed by atoms with E-state index in [9.17, 15) is 19.7 Å². The average molecular weight is 430 g/mol. The lowest BCUT2D eigenvalue weighted by Gasteiger charge is -2.36. The number of piperazine rings is 1. The van der Waals surface area contributed by atoms with Gasteiger partial charge in [-0.05, 0) is 37.8 Å². The van der Waals surface area contributed by atoms with Crippen LogP contribution < -0.4 is 10.2 Å². The second-order valence-electron chi connectivity index (χ2n) is 8.77. The highest BCUT2D eigenvalue weighted by Gasteiger charge is 2.28. The van der Waals surface area contributed by atoms with Gasteiger partial charge in [0.05, 0.1) is 11.5 Å². The third kappa shape index (κ3) is 5.52. The first-order valence-corrected chi connectivity index (χ1v) is 11.4. The highest BCUT2D eigenvalue weighted by atomic mass is 16.6. The van der Waals surface area contributed by atoms with Crippen LogP contribution in [0.4, 0.5) is 11.4 Å². The van der Waals surface area contributed by atoms with E-state index >= 15 is 0 Å². The molecule has 9 heteroatoms. The standard InChI is InChI=1S/C22H31N5O4/c28-21(26-9-3-1-2-4-10-26)16-24-11-13-25(14-12-24)19-8-5-17(15-20(19)27(30)31)22(29)23-18-6-7-18/h5,8,15,18H,1-4,6-7,9-14,16H2,(H,23,29). The predicted octanol–water partition coefficient (Wildman–Crippen LogP) is 2.01. The van der Waals surface area contributed by atoms with Crippen LogP contribution in [-0.4, -0.2) is 78.4 Å². The molecule has 4 rings (SSSR count). The Morgan fingerprint density at radius 1 is 1.00 bits per heavy atom. The van der Waals surface area contributed by atoms with Gasteiger partial charge >= 0.3 is 0 Å². The summed E-state index contributed by atoms with van der Waals surface area (Å²) in [6, 6.07) is 4.92. The zero-order valence-electron chi connectivity index (χ0n) is 17.9. The summed E-state index contributed by atoms with van der Waals surface area (Å²) in [7, 11) is 0. The number of nitro benzene ring substituents is 1. The maximum atomic E-state index is 12.6. The first-order valence-electron chi connectivity index (χ1n) is 11.4. The molecule has 2 aliphatic heterocycles. The summed E-state index contributed by atoms with van der Waals surface area (Å²) in [5.74, 6) is -0.0682. The molecule has 0 bridgehead atoms. The number of rotatable bonds is 6. The molecule has 0 radical (unpaired) electrons. The van der Waals surface area contributed by atoms with E-state index < -0.39 is 4.92 Å². The van der Waals surface area contributed by atoms with Crippen LogP contribution in [0.1, 0.15) is 48.9 Å². The van der Waals surface area contributed by atoms with Crippen LogP contribution in [0.3, 0.4) is 0 Å². The quantitative estimate of drug-likeness (QED) is 0.549. The molecule has 1 aliphatic carbocycles. The van der Waals surface area contributed by atoms with Crippen molar-refractivity contribution in [2.24, 2.45) is 0 Å². The van der Waals surface area contributed by atoms with Crippen molar-refractivity contribution >= 4 is 23.2 Å². The number of carbonyl (C=O) groups is 2. The number of nitrogens with zero attached hydrogens (tertiary/aromatic N) is 4. The fourth-order valence-corrected chi connectivity index (χ4v) is 4.33. The first-order chi connectivity index (χ1) is 15.0. The number of hydrogen-bond donors (Lipinski definition) is 1. The SMILES string of the molecule is O=C(NC1CC1)c1ccc(N2CCN(CC(=O)N3CCCCCC3)CC2)c([N+](=O)[O-])c1. The van der Waals surface area contributed by atoms with Gasteiger partial charge in [-0.1, -0.05) is 12.8 Å². The second-order valence-corrected chi connectivity index (χ2v) is 8.77. The van der Waals surface area contributed by atoms with Gasteiger partial charge in [-0.2, -0.15) is 0 Å². The Hall–Kier alpha value is -2.68. The Morgan fingerprint density at radius 2 is 1.68 bits per heavy atom. The lowest BCUT2D eigenvalue weighted by molar-refractivity contribution is -0.384. The Morgan fingerprint density at radius 3 is 2.29 bits per heavy atom. The van der Waals surface area contributed by atoms with Crippen molar-refractivity contribution in [1.82, 2.24) is 15.1 Å². The maximum Gasteiger partial charge on any atom is 0.293 e. The average Bonchev–Trinajstić information content (AvgIpc) is 3.61. The third-order valence-corrected chi connectivity index (χ3v) is 6.38.